The molecule has 0 aliphatic heterocycles. The Hall–Kier alpha value is -3.33. The summed E-state index contributed by atoms with van der Waals surface area (Å²) in [5.74, 6) is 0.942. The highest BCUT2D eigenvalue weighted by Crippen LogP contribution is 2.31. The molecule has 0 atom stereocenters. The van der Waals surface area contributed by atoms with E-state index >= 15 is 0 Å². The Morgan fingerprint density at radius 1 is 0.808 bits per heavy atom. The third kappa shape index (κ3) is 2.17. The van der Waals surface area contributed by atoms with Crippen LogP contribution in [0.25, 0.3) is 33.8 Å². The second-order valence-corrected chi connectivity index (χ2v) is 6.78. The highest BCUT2D eigenvalue weighted by Gasteiger charge is 2.17. The molecule has 0 fully saturated rings. The maximum absolute atomic E-state index is 4.93. The highest BCUT2D eigenvalue weighted by molar-refractivity contribution is 5.82. The standard InChI is InChI=1S/C23H19N3/c1-16-12-13-20(17(2)14-16)26-22(18-8-4-3-5-9-18)15-25-21-11-7-6-10-19(21)24-23(25)26/h3-15H,1-2H3. The number of imidazole rings is 2. The molecule has 0 N–H and O–H groups in total. The van der Waals surface area contributed by atoms with Crippen molar-refractivity contribution in [3.63, 3.8) is 0 Å². The first-order valence-corrected chi connectivity index (χ1v) is 8.84. The molecule has 126 valence electrons. The summed E-state index contributed by atoms with van der Waals surface area (Å²) in [6, 6.07) is 25.4. The largest absolute Gasteiger partial charge is 0.283 e. The number of nitrogens with zero attached hydrogens (tertiary/aromatic N) is 3. The molecule has 0 radical (unpaired) electrons. The molecule has 5 rings (SSSR count). The Morgan fingerprint density at radius 3 is 2.38 bits per heavy atom. The van der Waals surface area contributed by atoms with Crippen LogP contribution in [0, 0.1) is 13.8 Å². The third-order valence-electron chi connectivity index (χ3n) is 4.93. The first kappa shape index (κ1) is 15.0. The van der Waals surface area contributed by atoms with Gasteiger partial charge in [-0.1, -0.05) is 60.2 Å². The van der Waals surface area contributed by atoms with Crippen LogP contribution in [0.3, 0.4) is 0 Å². The minimum absolute atomic E-state index is 0.942. The van der Waals surface area contributed by atoms with Crippen LogP contribution in [0.15, 0.2) is 79.0 Å². The molecule has 3 nitrogen and oxygen atoms in total. The van der Waals surface area contributed by atoms with Crippen molar-refractivity contribution in [2.24, 2.45) is 0 Å². The number of aryl methyl sites for hydroxylation is 2. The van der Waals surface area contributed by atoms with Gasteiger partial charge in [0, 0.05) is 11.8 Å². The predicted molar refractivity (Wildman–Crippen MR) is 107 cm³/mol. The van der Waals surface area contributed by atoms with Crippen molar-refractivity contribution in [1.29, 1.82) is 0 Å². The number of hydrogen-bond donors (Lipinski definition) is 0. The van der Waals surface area contributed by atoms with Crippen molar-refractivity contribution < 1.29 is 0 Å². The first-order valence-electron chi connectivity index (χ1n) is 8.84. The number of benzene rings is 3. The highest BCUT2D eigenvalue weighted by atomic mass is 15.2. The van der Waals surface area contributed by atoms with Crippen LogP contribution in [0.5, 0.6) is 0 Å². The van der Waals surface area contributed by atoms with Crippen molar-refractivity contribution >= 4 is 16.8 Å². The molecule has 0 bridgehead atoms. The number of aromatic nitrogens is 3. The summed E-state index contributed by atoms with van der Waals surface area (Å²) in [4.78, 5) is 4.93. The van der Waals surface area contributed by atoms with E-state index in [2.05, 4.69) is 95.7 Å². The topological polar surface area (TPSA) is 22.2 Å². The van der Waals surface area contributed by atoms with Gasteiger partial charge in [0.15, 0.2) is 0 Å². The number of hydrogen-bond acceptors (Lipinski definition) is 1. The smallest absolute Gasteiger partial charge is 0.220 e. The summed E-state index contributed by atoms with van der Waals surface area (Å²) in [6.45, 7) is 4.29. The van der Waals surface area contributed by atoms with Crippen molar-refractivity contribution in [2.45, 2.75) is 13.8 Å². The van der Waals surface area contributed by atoms with Crippen molar-refractivity contribution in [3.8, 4) is 16.9 Å². The van der Waals surface area contributed by atoms with E-state index in [4.69, 9.17) is 4.98 Å². The fourth-order valence-corrected chi connectivity index (χ4v) is 3.71. The molecule has 0 saturated heterocycles. The SMILES string of the molecule is Cc1ccc(-n2c(-c3ccccc3)cn3c4ccccc4nc23)c(C)c1. The van der Waals surface area contributed by atoms with Gasteiger partial charge >= 0.3 is 0 Å². The zero-order valence-electron chi connectivity index (χ0n) is 14.8. The van der Waals surface area contributed by atoms with Crippen LogP contribution in [-0.4, -0.2) is 14.0 Å². The van der Waals surface area contributed by atoms with E-state index in [9.17, 15) is 0 Å². The maximum atomic E-state index is 4.93. The van der Waals surface area contributed by atoms with Crippen LogP contribution < -0.4 is 0 Å². The van der Waals surface area contributed by atoms with Crippen LogP contribution in [0.2, 0.25) is 0 Å². The van der Waals surface area contributed by atoms with E-state index in [0.717, 1.165) is 22.5 Å². The van der Waals surface area contributed by atoms with Gasteiger partial charge in [0.05, 0.1) is 22.4 Å². The van der Waals surface area contributed by atoms with E-state index in [1.165, 1.54) is 22.4 Å². The zero-order chi connectivity index (χ0) is 17.7. The molecule has 0 aliphatic rings. The molecule has 5 aromatic rings. The van der Waals surface area contributed by atoms with E-state index in [-0.39, 0.29) is 0 Å². The van der Waals surface area contributed by atoms with Gasteiger partial charge in [-0.3, -0.25) is 8.97 Å². The predicted octanol–water partition coefficient (Wildman–Crippen LogP) is 5.56. The fraction of sp³-hybridized carbons (Fsp3) is 0.0870. The summed E-state index contributed by atoms with van der Waals surface area (Å²) in [5, 5.41) is 0. The van der Waals surface area contributed by atoms with E-state index in [1.807, 2.05) is 6.07 Å². The summed E-state index contributed by atoms with van der Waals surface area (Å²) < 4.78 is 4.46. The number of fused-ring (bicyclic) bond motifs is 3. The summed E-state index contributed by atoms with van der Waals surface area (Å²) >= 11 is 0. The quantitative estimate of drug-likeness (QED) is 0.413. The van der Waals surface area contributed by atoms with Crippen molar-refractivity contribution in [3.05, 3.63) is 90.1 Å². The first-order chi connectivity index (χ1) is 12.7. The Kier molecular flexibility index (Phi) is 3.22. The summed E-state index contributed by atoms with van der Waals surface area (Å²) in [6.07, 6.45) is 2.19. The van der Waals surface area contributed by atoms with Gasteiger partial charge in [-0.15, -0.1) is 0 Å². The molecule has 3 aromatic carbocycles. The zero-order valence-corrected chi connectivity index (χ0v) is 14.8. The average molecular weight is 337 g/mol. The maximum Gasteiger partial charge on any atom is 0.220 e. The van der Waals surface area contributed by atoms with Gasteiger partial charge in [-0.2, -0.15) is 0 Å². The van der Waals surface area contributed by atoms with E-state index < -0.39 is 0 Å². The van der Waals surface area contributed by atoms with E-state index in [0.29, 0.717) is 0 Å². The molecule has 0 aliphatic carbocycles. The van der Waals surface area contributed by atoms with Crippen LogP contribution >= 0.6 is 0 Å². The molecular formula is C23H19N3. The number of para-hydroxylation sites is 2. The van der Waals surface area contributed by atoms with Crippen molar-refractivity contribution in [1.82, 2.24) is 14.0 Å². The molecule has 2 aromatic heterocycles. The average Bonchev–Trinajstić information content (AvgIpc) is 3.19. The molecule has 0 amide bonds. The summed E-state index contributed by atoms with van der Waals surface area (Å²) in [5.41, 5.74) is 8.15. The molecule has 0 spiro atoms. The van der Waals surface area contributed by atoms with Gasteiger partial charge < -0.3 is 0 Å². The van der Waals surface area contributed by atoms with Gasteiger partial charge in [0.2, 0.25) is 5.78 Å². The van der Waals surface area contributed by atoms with Gasteiger partial charge in [0.1, 0.15) is 0 Å². The lowest BCUT2D eigenvalue weighted by Crippen LogP contribution is -2.00. The third-order valence-corrected chi connectivity index (χ3v) is 4.93. The number of rotatable bonds is 2. The molecular weight excluding hydrogens is 318 g/mol. The molecule has 2 heterocycles. The Labute approximate surface area is 152 Å². The normalized spacial score (nSPS) is 11.5. The second kappa shape index (κ2) is 5.60. The molecule has 0 saturated carbocycles. The monoisotopic (exact) mass is 337 g/mol. The van der Waals surface area contributed by atoms with Gasteiger partial charge in [-0.25, -0.2) is 4.98 Å². The van der Waals surface area contributed by atoms with E-state index in [1.54, 1.807) is 0 Å². The minimum Gasteiger partial charge on any atom is -0.283 e. The van der Waals surface area contributed by atoms with Crippen molar-refractivity contribution in [2.75, 3.05) is 0 Å². The van der Waals surface area contributed by atoms with Gasteiger partial charge in [-0.05, 0) is 37.6 Å². The Bertz CT molecular complexity index is 1240. The van der Waals surface area contributed by atoms with Crippen LogP contribution in [-0.2, 0) is 0 Å². The Morgan fingerprint density at radius 2 is 1.58 bits per heavy atom. The lowest BCUT2D eigenvalue weighted by molar-refractivity contribution is 1.06. The minimum atomic E-state index is 0.942. The van der Waals surface area contributed by atoms with Crippen LogP contribution in [0.1, 0.15) is 11.1 Å². The lowest BCUT2D eigenvalue weighted by atomic mass is 10.1. The molecule has 0 unspecified atom stereocenters. The summed E-state index contributed by atoms with van der Waals surface area (Å²) in [7, 11) is 0. The second-order valence-electron chi connectivity index (χ2n) is 6.78. The molecule has 3 heteroatoms. The van der Waals surface area contributed by atoms with Gasteiger partial charge in [0.25, 0.3) is 0 Å². The fourth-order valence-electron chi connectivity index (χ4n) is 3.71. The Balaban J connectivity index is 1.91. The lowest BCUT2D eigenvalue weighted by Gasteiger charge is -2.12. The van der Waals surface area contributed by atoms with Crippen LogP contribution in [0.4, 0.5) is 0 Å². The molecule has 26 heavy (non-hydrogen) atoms.